The van der Waals surface area contributed by atoms with Crippen molar-refractivity contribution in [1.29, 1.82) is 0 Å². The van der Waals surface area contributed by atoms with E-state index in [0.29, 0.717) is 23.5 Å². The molecule has 0 spiro atoms. The van der Waals surface area contributed by atoms with E-state index in [2.05, 4.69) is 10.3 Å². The first kappa shape index (κ1) is 27.1. The normalized spacial score (nSPS) is 17.4. The van der Waals surface area contributed by atoms with Gasteiger partial charge in [0.15, 0.2) is 5.58 Å². The Morgan fingerprint density at radius 1 is 1.29 bits per heavy atom. The second kappa shape index (κ2) is 12.5. The fraction of sp³-hybridized carbons (Fsp3) is 0.400. The third kappa shape index (κ3) is 7.27. The Morgan fingerprint density at radius 2 is 2.09 bits per heavy atom. The standard InChI is InChI=1S/C25H28FN3O5.Na/c1-16-5-2-3-6-20(16)27-25-28-21-9-8-17(11-22(21)34-25)12-23(30)29-14-18(26)13-19(29)15-33-10-4-7-24(31)32;/h2-3,5-6,8-9,11,18-19H,4,7,10,12-15H2,1H3,(H,27,28)(H,31,32);/q;+1/p-1/t18-,19-;/m0./s1. The van der Waals surface area contributed by atoms with Gasteiger partial charge >= 0.3 is 29.6 Å². The van der Waals surface area contributed by atoms with Crippen LogP contribution in [0.4, 0.5) is 16.1 Å². The largest absolute Gasteiger partial charge is 1.00 e. The summed E-state index contributed by atoms with van der Waals surface area (Å²) in [5.41, 5.74) is 3.92. The molecule has 1 fully saturated rings. The maximum Gasteiger partial charge on any atom is 1.00 e. The van der Waals surface area contributed by atoms with Crippen LogP contribution in [-0.2, 0) is 20.7 Å². The van der Waals surface area contributed by atoms with E-state index < -0.39 is 12.1 Å². The predicted octanol–water partition coefficient (Wildman–Crippen LogP) is -0.0880. The summed E-state index contributed by atoms with van der Waals surface area (Å²) >= 11 is 0. The van der Waals surface area contributed by atoms with Crippen molar-refractivity contribution >= 4 is 34.7 Å². The fourth-order valence-electron chi connectivity index (χ4n) is 4.10. The zero-order valence-electron chi connectivity index (χ0n) is 20.0. The van der Waals surface area contributed by atoms with Crippen molar-refractivity contribution in [2.75, 3.05) is 25.1 Å². The number of nitrogens with one attached hydrogen (secondary N) is 1. The maximum atomic E-state index is 14.1. The maximum absolute atomic E-state index is 14.1. The molecule has 1 aromatic heterocycles. The Hall–Kier alpha value is -2.46. The van der Waals surface area contributed by atoms with Crippen molar-refractivity contribution in [3.8, 4) is 0 Å². The molecule has 0 radical (unpaired) electrons. The van der Waals surface area contributed by atoms with Crippen molar-refractivity contribution in [3.05, 3.63) is 53.6 Å². The Kier molecular flexibility index (Phi) is 9.68. The molecule has 1 aliphatic heterocycles. The zero-order valence-corrected chi connectivity index (χ0v) is 22.0. The summed E-state index contributed by atoms with van der Waals surface area (Å²) in [7, 11) is 0. The summed E-state index contributed by atoms with van der Waals surface area (Å²) in [5.74, 6) is -1.33. The molecule has 0 unspecified atom stereocenters. The van der Waals surface area contributed by atoms with Gasteiger partial charge in [0.2, 0.25) is 5.91 Å². The Labute approximate surface area is 225 Å². The number of hydrogen-bond acceptors (Lipinski definition) is 7. The third-order valence-electron chi connectivity index (χ3n) is 5.86. The molecular weight excluding hydrogens is 464 g/mol. The van der Waals surface area contributed by atoms with Crippen LogP contribution in [0.3, 0.4) is 0 Å². The van der Waals surface area contributed by atoms with Gasteiger partial charge in [-0.15, -0.1) is 0 Å². The number of likely N-dealkylation sites (tertiary alicyclic amines) is 1. The number of benzene rings is 2. The number of aryl methyl sites for hydroxylation is 1. The van der Waals surface area contributed by atoms with Crippen LogP contribution in [0.15, 0.2) is 46.9 Å². The number of amides is 1. The molecule has 10 heteroatoms. The Morgan fingerprint density at radius 3 is 2.86 bits per heavy atom. The number of oxazole rings is 1. The minimum atomic E-state index is -1.13. The average molecular weight is 491 g/mol. The Balaban J connectivity index is 0.00000342. The molecule has 2 aromatic carbocycles. The van der Waals surface area contributed by atoms with Crippen molar-refractivity contribution in [1.82, 2.24) is 9.88 Å². The van der Waals surface area contributed by atoms with Gasteiger partial charge in [0, 0.05) is 24.7 Å². The van der Waals surface area contributed by atoms with E-state index >= 15 is 0 Å². The van der Waals surface area contributed by atoms with Crippen LogP contribution >= 0.6 is 0 Å². The number of para-hydroxylation sites is 1. The van der Waals surface area contributed by atoms with Crippen LogP contribution < -0.4 is 40.0 Å². The van der Waals surface area contributed by atoms with Crippen LogP contribution in [0.2, 0.25) is 0 Å². The number of halogens is 1. The summed E-state index contributed by atoms with van der Waals surface area (Å²) in [5, 5.41) is 13.6. The molecule has 0 aliphatic carbocycles. The minimum Gasteiger partial charge on any atom is -0.550 e. The van der Waals surface area contributed by atoms with Gasteiger partial charge in [-0.05, 0) is 49.1 Å². The van der Waals surface area contributed by atoms with Gasteiger partial charge in [-0.3, -0.25) is 4.79 Å². The zero-order chi connectivity index (χ0) is 24.1. The number of alkyl halides is 1. The molecule has 0 bridgehead atoms. The van der Waals surface area contributed by atoms with Gasteiger partial charge in [0.25, 0.3) is 6.01 Å². The van der Waals surface area contributed by atoms with E-state index in [1.807, 2.05) is 37.3 Å². The molecule has 1 amide bonds. The van der Waals surface area contributed by atoms with Gasteiger partial charge in [-0.1, -0.05) is 24.3 Å². The molecule has 2 atom stereocenters. The third-order valence-corrected chi connectivity index (χ3v) is 5.86. The molecule has 35 heavy (non-hydrogen) atoms. The molecular formula is C25H27FN3NaO5. The number of ether oxygens (including phenoxy) is 1. The first-order valence-electron chi connectivity index (χ1n) is 11.3. The number of hydrogen-bond donors (Lipinski definition) is 1. The first-order chi connectivity index (χ1) is 16.4. The van der Waals surface area contributed by atoms with Crippen molar-refractivity contribution in [3.63, 3.8) is 0 Å². The number of carboxylic acids is 1. The number of carboxylic acid groups (broad SMARTS) is 1. The topological polar surface area (TPSA) is 108 Å². The number of aliphatic carboxylic acids is 1. The molecule has 1 N–H and O–H groups in total. The predicted molar refractivity (Wildman–Crippen MR) is 122 cm³/mol. The first-order valence-corrected chi connectivity index (χ1v) is 11.3. The monoisotopic (exact) mass is 491 g/mol. The van der Waals surface area contributed by atoms with Gasteiger partial charge in [-0.2, -0.15) is 4.98 Å². The van der Waals surface area contributed by atoms with Crippen molar-refractivity contribution in [2.45, 2.75) is 44.8 Å². The summed E-state index contributed by atoms with van der Waals surface area (Å²) in [6.07, 6.45) is -0.565. The molecule has 8 nitrogen and oxygen atoms in total. The second-order valence-electron chi connectivity index (χ2n) is 8.52. The fourth-order valence-corrected chi connectivity index (χ4v) is 4.10. The van der Waals surface area contributed by atoms with E-state index in [0.717, 1.165) is 16.8 Å². The average Bonchev–Trinajstić information content (AvgIpc) is 3.37. The number of aromatic nitrogens is 1. The smallest absolute Gasteiger partial charge is 0.550 e. The number of rotatable bonds is 10. The van der Waals surface area contributed by atoms with Gasteiger partial charge in [0.1, 0.15) is 11.7 Å². The number of fused-ring (bicyclic) bond motifs is 1. The summed E-state index contributed by atoms with van der Waals surface area (Å²) < 4.78 is 25.4. The van der Waals surface area contributed by atoms with Crippen molar-refractivity contribution in [2.24, 2.45) is 0 Å². The molecule has 0 saturated carbocycles. The number of carbonyl (C=O) groups is 2. The molecule has 2 heterocycles. The van der Waals surface area contributed by atoms with Gasteiger partial charge in [0.05, 0.1) is 25.6 Å². The Bertz CT molecular complexity index is 1170. The molecule has 3 aromatic rings. The van der Waals surface area contributed by atoms with E-state index in [4.69, 9.17) is 9.15 Å². The van der Waals surface area contributed by atoms with Crippen molar-refractivity contribution < 1.29 is 57.8 Å². The van der Waals surface area contributed by atoms with Gasteiger partial charge < -0.3 is 29.3 Å². The van der Waals surface area contributed by atoms with E-state index in [-0.39, 0.29) is 80.5 Å². The van der Waals surface area contributed by atoms with Crippen LogP contribution in [0.25, 0.3) is 11.1 Å². The quantitative estimate of drug-likeness (QED) is 0.312. The number of anilines is 2. The van der Waals surface area contributed by atoms with Crippen LogP contribution in [0, 0.1) is 6.92 Å². The van der Waals surface area contributed by atoms with Crippen LogP contribution in [0.5, 0.6) is 0 Å². The van der Waals surface area contributed by atoms with Gasteiger partial charge in [-0.25, -0.2) is 4.39 Å². The summed E-state index contributed by atoms with van der Waals surface area (Å²) in [4.78, 5) is 29.4. The summed E-state index contributed by atoms with van der Waals surface area (Å²) in [6.45, 7) is 2.42. The molecule has 1 saturated heterocycles. The van der Waals surface area contributed by atoms with Crippen LogP contribution in [0.1, 0.15) is 30.4 Å². The second-order valence-corrected chi connectivity index (χ2v) is 8.52. The van der Waals surface area contributed by atoms with E-state index in [9.17, 15) is 19.1 Å². The minimum absolute atomic E-state index is 0. The number of carbonyl (C=O) groups excluding carboxylic acids is 2. The van der Waals surface area contributed by atoms with E-state index in [1.54, 1.807) is 12.1 Å². The SMILES string of the molecule is Cc1ccccc1Nc1nc2ccc(CC(=O)N3C[C@@H](F)C[C@H]3COCCCC(=O)[O-])cc2o1.[Na+]. The number of nitrogens with zero attached hydrogens (tertiary/aromatic N) is 2. The molecule has 1 aliphatic rings. The molecule has 180 valence electrons. The van der Waals surface area contributed by atoms with E-state index in [1.165, 1.54) is 4.90 Å². The summed E-state index contributed by atoms with van der Waals surface area (Å²) in [6, 6.07) is 13.2. The van der Waals surface area contributed by atoms with Crippen LogP contribution in [-0.4, -0.2) is 53.7 Å². The molecule has 4 rings (SSSR count).